The highest BCUT2D eigenvalue weighted by Crippen LogP contribution is 2.43. The van der Waals surface area contributed by atoms with E-state index in [2.05, 4.69) is 98.9 Å². The lowest BCUT2D eigenvalue weighted by atomic mass is 10.1. The summed E-state index contributed by atoms with van der Waals surface area (Å²) in [5, 5.41) is 8.89. The van der Waals surface area contributed by atoms with Crippen LogP contribution in [0.3, 0.4) is 0 Å². The molecule has 57 heavy (non-hydrogen) atoms. The minimum absolute atomic E-state index is 0.0226. The lowest BCUT2D eigenvalue weighted by Crippen LogP contribution is -2.34. The van der Waals surface area contributed by atoms with Gasteiger partial charge in [0.2, 0.25) is 0 Å². The highest BCUT2D eigenvalue weighted by Gasteiger charge is 2.27. The molecule has 0 saturated heterocycles. The van der Waals surface area contributed by atoms with E-state index in [4.69, 9.17) is 29.4 Å². The van der Waals surface area contributed by atoms with Gasteiger partial charge in [0.25, 0.3) is 0 Å². The zero-order valence-corrected chi connectivity index (χ0v) is 36.0. The van der Waals surface area contributed by atoms with Gasteiger partial charge in [0.15, 0.2) is 0 Å². The fourth-order valence-electron chi connectivity index (χ4n) is 5.14. The number of phosphoric ester groups is 1. The number of carboxylic acid groups (broad SMARTS) is 1. The molecule has 0 fully saturated rings. The van der Waals surface area contributed by atoms with Crippen molar-refractivity contribution in [2.75, 3.05) is 26.4 Å². The topological polar surface area (TPSA) is 155 Å². The Labute approximate surface area is 345 Å². The van der Waals surface area contributed by atoms with Crippen LogP contribution in [0.25, 0.3) is 0 Å². The summed E-state index contributed by atoms with van der Waals surface area (Å²) in [4.78, 5) is 33.4. The van der Waals surface area contributed by atoms with Crippen molar-refractivity contribution >= 4 is 19.8 Å². The molecule has 0 aliphatic rings. The number of carbonyl (C=O) groups is 2. The van der Waals surface area contributed by atoms with Gasteiger partial charge in [-0.3, -0.25) is 18.6 Å². The number of carbonyl (C=O) groups excluding carboxylic acids is 1. The number of aliphatic carboxylic acids is 1. The Morgan fingerprint density at radius 2 is 0.965 bits per heavy atom. The quantitative estimate of drug-likeness (QED) is 0.0236. The van der Waals surface area contributed by atoms with Gasteiger partial charge in [0.05, 0.1) is 19.8 Å². The summed E-state index contributed by atoms with van der Waals surface area (Å²) in [6.45, 7) is 3.51. The average Bonchev–Trinajstić information content (AvgIpc) is 3.19. The van der Waals surface area contributed by atoms with Crippen LogP contribution in [0.4, 0.5) is 0 Å². The summed E-state index contributed by atoms with van der Waals surface area (Å²) in [5.74, 6) is -1.88. The van der Waals surface area contributed by atoms with E-state index in [0.29, 0.717) is 13.0 Å². The van der Waals surface area contributed by atoms with Gasteiger partial charge in [-0.2, -0.15) is 0 Å². The second-order valence-electron chi connectivity index (χ2n) is 13.7. The number of ether oxygens (including phenoxy) is 2. The molecule has 11 heteroatoms. The summed E-state index contributed by atoms with van der Waals surface area (Å²) in [5.41, 5.74) is 5.34. The summed E-state index contributed by atoms with van der Waals surface area (Å²) in [7, 11) is -4.64. The first-order valence-electron chi connectivity index (χ1n) is 21.3. The summed E-state index contributed by atoms with van der Waals surface area (Å²) in [6, 6.07) is -1.49. The van der Waals surface area contributed by atoms with Crippen molar-refractivity contribution in [2.45, 2.75) is 154 Å². The number of unbranched alkanes of at least 4 members (excludes halogenated alkanes) is 9. The molecule has 4 N–H and O–H groups in total. The van der Waals surface area contributed by atoms with Crippen LogP contribution >= 0.6 is 7.82 Å². The Balaban J connectivity index is 4.30. The van der Waals surface area contributed by atoms with Crippen LogP contribution < -0.4 is 5.73 Å². The zero-order chi connectivity index (χ0) is 41.9. The second kappa shape index (κ2) is 41.1. The first kappa shape index (κ1) is 53.9. The Morgan fingerprint density at radius 1 is 0.561 bits per heavy atom. The molecule has 0 aromatic carbocycles. The third-order valence-corrected chi connectivity index (χ3v) is 9.32. The molecule has 324 valence electrons. The van der Waals surface area contributed by atoms with Crippen LogP contribution in [0, 0.1) is 0 Å². The van der Waals surface area contributed by atoms with E-state index in [1.165, 1.54) is 38.5 Å². The first-order valence-corrected chi connectivity index (χ1v) is 22.8. The molecule has 10 nitrogen and oxygen atoms in total. The van der Waals surface area contributed by atoms with Crippen molar-refractivity contribution in [1.29, 1.82) is 0 Å². The largest absolute Gasteiger partial charge is 0.480 e. The predicted octanol–water partition coefficient (Wildman–Crippen LogP) is 11.8. The zero-order valence-electron chi connectivity index (χ0n) is 35.1. The third kappa shape index (κ3) is 40.9. The van der Waals surface area contributed by atoms with Crippen molar-refractivity contribution in [2.24, 2.45) is 5.73 Å². The van der Waals surface area contributed by atoms with Crippen molar-refractivity contribution in [3.63, 3.8) is 0 Å². The van der Waals surface area contributed by atoms with Gasteiger partial charge < -0.3 is 25.2 Å². The van der Waals surface area contributed by atoms with Crippen molar-refractivity contribution < 1.29 is 42.7 Å². The Bertz CT molecular complexity index is 1270. The molecule has 0 rings (SSSR count). The van der Waals surface area contributed by atoms with Crippen molar-refractivity contribution in [3.8, 4) is 0 Å². The number of phosphoric acid groups is 1. The summed E-state index contributed by atoms with van der Waals surface area (Å²) in [6.07, 6.45) is 53.4. The Morgan fingerprint density at radius 3 is 1.44 bits per heavy atom. The van der Waals surface area contributed by atoms with Crippen LogP contribution in [0.15, 0.2) is 97.2 Å². The number of rotatable bonds is 39. The molecule has 3 unspecified atom stereocenters. The van der Waals surface area contributed by atoms with Crippen LogP contribution in [-0.4, -0.2) is 60.5 Å². The van der Waals surface area contributed by atoms with Gasteiger partial charge in [-0.15, -0.1) is 0 Å². The van der Waals surface area contributed by atoms with E-state index < -0.39 is 45.1 Å². The van der Waals surface area contributed by atoms with Gasteiger partial charge >= 0.3 is 19.8 Å². The molecule has 3 atom stereocenters. The smallest absolute Gasteiger partial charge is 0.472 e. The number of hydrogen-bond acceptors (Lipinski definition) is 8. The molecule has 0 amide bonds. The number of allylic oxidation sites excluding steroid dienone is 16. The van der Waals surface area contributed by atoms with E-state index in [1.807, 2.05) is 12.2 Å². The monoisotopic (exact) mass is 818 g/mol. The van der Waals surface area contributed by atoms with E-state index in [1.54, 1.807) is 0 Å². The molecule has 0 spiro atoms. The molecule has 0 aromatic rings. The van der Waals surface area contributed by atoms with Crippen molar-refractivity contribution in [3.05, 3.63) is 97.2 Å². The lowest BCUT2D eigenvalue weighted by molar-refractivity contribution is -0.154. The molecular formula is C46H76NO9P. The van der Waals surface area contributed by atoms with E-state index >= 15 is 0 Å². The number of hydrogen-bond donors (Lipinski definition) is 3. The molecular weight excluding hydrogens is 741 g/mol. The van der Waals surface area contributed by atoms with Crippen LogP contribution in [-0.2, 0) is 32.7 Å². The van der Waals surface area contributed by atoms with E-state index in [9.17, 15) is 19.0 Å². The van der Waals surface area contributed by atoms with Gasteiger partial charge in [0.1, 0.15) is 12.1 Å². The molecule has 0 aromatic heterocycles. The SMILES string of the molecule is CC/C=C\C/C=C\C/C=C\C/C=C\CCCCCCCCCCCOCC(COP(=O)(O)OCC(N)C(=O)O)OC(=O)CC/C=C\C/C=C\C/C=C\C/C=C\CC. The van der Waals surface area contributed by atoms with Crippen LogP contribution in [0.2, 0.25) is 0 Å². The fourth-order valence-corrected chi connectivity index (χ4v) is 5.91. The second-order valence-corrected chi connectivity index (χ2v) is 15.2. The number of carboxylic acids is 1. The number of nitrogens with two attached hydrogens (primary N) is 1. The summed E-state index contributed by atoms with van der Waals surface area (Å²) < 4.78 is 33.2. The van der Waals surface area contributed by atoms with Crippen molar-refractivity contribution in [1.82, 2.24) is 0 Å². The minimum atomic E-state index is -4.64. The number of esters is 1. The Kier molecular flexibility index (Phi) is 38.8. The highest BCUT2D eigenvalue weighted by molar-refractivity contribution is 7.47. The maximum atomic E-state index is 12.6. The normalized spacial score (nSPS) is 14.9. The maximum absolute atomic E-state index is 12.6. The van der Waals surface area contributed by atoms with E-state index in [-0.39, 0.29) is 13.0 Å². The third-order valence-electron chi connectivity index (χ3n) is 8.37. The molecule has 0 radical (unpaired) electrons. The predicted molar refractivity (Wildman–Crippen MR) is 235 cm³/mol. The fraction of sp³-hybridized carbons (Fsp3) is 0.609. The van der Waals surface area contributed by atoms with Gasteiger partial charge in [0, 0.05) is 13.0 Å². The molecule has 0 saturated carbocycles. The van der Waals surface area contributed by atoms with Gasteiger partial charge in [-0.1, -0.05) is 156 Å². The Hall–Kier alpha value is -3.11. The molecule has 0 bridgehead atoms. The van der Waals surface area contributed by atoms with Crippen LogP contribution in [0.1, 0.15) is 142 Å². The standard InChI is InChI=1S/C46H76NO9P/c1-3-5-7-9-11-13-15-17-18-19-20-21-22-23-24-25-27-29-31-33-35-37-39-53-40-43(41-54-57(51,52)55-42-44(47)46(49)50)56-45(48)38-36-34-32-30-28-26-16-14-12-10-8-6-4-2/h5-8,11-14,17-18,20-21,26,28,32,34,43-44H,3-4,9-10,15-16,19,22-25,27,29-31,33,35-42,47H2,1-2H3,(H,49,50)(H,51,52)/b7-5-,8-6-,13-11-,14-12-,18-17-,21-20-,28-26-,34-32-. The lowest BCUT2D eigenvalue weighted by Gasteiger charge is -2.20. The van der Waals surface area contributed by atoms with Gasteiger partial charge in [-0.05, 0) is 77.0 Å². The average molecular weight is 818 g/mol. The van der Waals surface area contributed by atoms with E-state index in [0.717, 1.165) is 77.0 Å². The molecule has 0 heterocycles. The highest BCUT2D eigenvalue weighted by atomic mass is 31.2. The minimum Gasteiger partial charge on any atom is -0.480 e. The molecule has 0 aliphatic carbocycles. The van der Waals surface area contributed by atoms with Gasteiger partial charge in [-0.25, -0.2) is 4.57 Å². The van der Waals surface area contributed by atoms with Crippen LogP contribution in [0.5, 0.6) is 0 Å². The molecule has 0 aliphatic heterocycles. The first-order chi connectivity index (χ1) is 27.7. The summed E-state index contributed by atoms with van der Waals surface area (Å²) >= 11 is 0. The maximum Gasteiger partial charge on any atom is 0.472 e.